The molecule has 2 aromatic carbocycles. The number of ether oxygens (including phenoxy) is 2. The third-order valence-corrected chi connectivity index (χ3v) is 9.53. The minimum absolute atomic E-state index is 0.138. The highest BCUT2D eigenvalue weighted by Crippen LogP contribution is 2.51. The zero-order chi connectivity index (χ0) is 32.0. The van der Waals surface area contributed by atoms with Gasteiger partial charge in [0.25, 0.3) is 0 Å². The molecular weight excluding hydrogens is 547 g/mol. The summed E-state index contributed by atoms with van der Waals surface area (Å²) in [6.07, 6.45) is 13.2. The van der Waals surface area contributed by atoms with E-state index in [-0.39, 0.29) is 28.2 Å². The summed E-state index contributed by atoms with van der Waals surface area (Å²) in [5.41, 5.74) is 5.67. The summed E-state index contributed by atoms with van der Waals surface area (Å²) in [7, 11) is 2.29. The third-order valence-electron chi connectivity index (χ3n) is 9.53. The van der Waals surface area contributed by atoms with Crippen molar-refractivity contribution in [3.05, 3.63) is 95.7 Å². The number of carbonyl (C=O) groups excluding carboxylic acids is 2. The van der Waals surface area contributed by atoms with Gasteiger partial charge in [-0.25, -0.2) is 0 Å². The number of hydrogen-bond acceptors (Lipinski definition) is 6. The van der Waals surface area contributed by atoms with Crippen LogP contribution in [-0.4, -0.2) is 51.5 Å². The third kappa shape index (κ3) is 6.52. The summed E-state index contributed by atoms with van der Waals surface area (Å²) in [5.74, 6) is -0.283. The Morgan fingerprint density at radius 1 is 0.773 bits per heavy atom. The van der Waals surface area contributed by atoms with Crippen molar-refractivity contribution in [3.63, 3.8) is 0 Å². The fourth-order valence-electron chi connectivity index (χ4n) is 6.81. The van der Waals surface area contributed by atoms with Crippen LogP contribution in [0.5, 0.6) is 0 Å². The fraction of sp³-hybridized carbons (Fsp3) is 0.459. The largest absolute Gasteiger partial charge is 0.466 e. The van der Waals surface area contributed by atoms with Crippen molar-refractivity contribution in [2.24, 2.45) is 0 Å². The smallest absolute Gasteiger partial charge is 0.305 e. The summed E-state index contributed by atoms with van der Waals surface area (Å²) < 4.78 is 10.3. The molecule has 2 aliphatic heterocycles. The molecule has 7 heteroatoms. The predicted molar refractivity (Wildman–Crippen MR) is 183 cm³/mol. The van der Waals surface area contributed by atoms with Crippen molar-refractivity contribution >= 4 is 31.2 Å². The highest BCUT2D eigenvalue weighted by Gasteiger charge is 2.51. The van der Waals surface area contributed by atoms with E-state index in [0.29, 0.717) is 26.1 Å². The van der Waals surface area contributed by atoms with Crippen LogP contribution in [0.3, 0.4) is 0 Å². The van der Waals surface area contributed by atoms with Gasteiger partial charge in [-0.3, -0.25) is 9.59 Å². The lowest BCUT2D eigenvalue weighted by Crippen LogP contribution is -2.55. The van der Waals surface area contributed by atoms with Crippen molar-refractivity contribution in [1.29, 1.82) is 0 Å². The Morgan fingerprint density at radius 3 is 1.98 bits per heavy atom. The number of anilines is 2. The Labute approximate surface area is 265 Å². The van der Waals surface area contributed by atoms with Crippen molar-refractivity contribution in [2.45, 2.75) is 83.5 Å². The van der Waals surface area contributed by atoms with Crippen molar-refractivity contribution in [2.75, 3.05) is 36.1 Å². The van der Waals surface area contributed by atoms with Crippen LogP contribution in [0.15, 0.2) is 84.6 Å². The van der Waals surface area contributed by atoms with E-state index in [4.69, 9.17) is 9.47 Å². The number of benzene rings is 2. The van der Waals surface area contributed by atoms with Crippen LogP contribution in [-0.2, 0) is 29.9 Å². The van der Waals surface area contributed by atoms with Crippen LogP contribution in [0.1, 0.15) is 78.4 Å². The maximum atomic E-state index is 12.1. The number of nitrogens with zero attached hydrogens (tertiary/aromatic N) is 2. The second-order valence-electron chi connectivity index (χ2n) is 12.8. The molecule has 0 saturated carbocycles. The van der Waals surface area contributed by atoms with E-state index in [1.165, 1.54) is 28.2 Å². The van der Waals surface area contributed by atoms with Crippen molar-refractivity contribution in [3.8, 4) is 0 Å². The highest BCUT2D eigenvalue weighted by atomic mass is 16.5. The van der Waals surface area contributed by atoms with Gasteiger partial charge in [0, 0.05) is 59.3 Å². The quantitative estimate of drug-likeness (QED) is 0.148. The van der Waals surface area contributed by atoms with E-state index < -0.39 is 0 Å². The van der Waals surface area contributed by atoms with Gasteiger partial charge in [0.2, 0.25) is 0 Å². The first-order valence-corrected chi connectivity index (χ1v) is 16.1. The summed E-state index contributed by atoms with van der Waals surface area (Å²) in [6.45, 7) is 15.2. The van der Waals surface area contributed by atoms with Gasteiger partial charge in [-0.1, -0.05) is 88.4 Å². The molecule has 234 valence electrons. The van der Waals surface area contributed by atoms with Gasteiger partial charge in [0.15, 0.2) is 0 Å². The standard InChI is InChI=1S/C37H49BN2O4/c1-7-43-33(41)23-16-26-39-30-20-13-11-18-28(30)35(3,4)32(39)22-10-9-15-25-37(38)36(5,6)29-19-12-14-21-31(29)40(37)27-17-24-34(42)44-8-2/h9-15,18-22,25H,7-8,16-17,23-24,26-27,38H2,1-6H3/b10-9+,25-15+,32-22+. The summed E-state index contributed by atoms with van der Waals surface area (Å²) in [5, 5.41) is 0. The van der Waals surface area contributed by atoms with Crippen molar-refractivity contribution < 1.29 is 19.1 Å². The molecule has 2 heterocycles. The van der Waals surface area contributed by atoms with E-state index in [0.717, 1.165) is 25.9 Å². The Bertz CT molecular complexity index is 1430. The highest BCUT2D eigenvalue weighted by molar-refractivity contribution is 6.21. The minimum Gasteiger partial charge on any atom is -0.466 e. The van der Waals surface area contributed by atoms with Gasteiger partial charge in [-0.15, -0.1) is 0 Å². The molecular formula is C37H49BN2O4. The van der Waals surface area contributed by atoms with Crippen LogP contribution in [0.25, 0.3) is 0 Å². The van der Waals surface area contributed by atoms with Gasteiger partial charge < -0.3 is 19.3 Å². The molecule has 2 aromatic rings. The van der Waals surface area contributed by atoms with Crippen LogP contribution < -0.4 is 9.80 Å². The second kappa shape index (κ2) is 13.9. The molecule has 2 aliphatic rings. The van der Waals surface area contributed by atoms with Crippen molar-refractivity contribution in [1.82, 2.24) is 0 Å². The molecule has 0 bridgehead atoms. The van der Waals surface area contributed by atoms with Crippen LogP contribution in [0, 0.1) is 0 Å². The lowest BCUT2D eigenvalue weighted by Gasteiger charge is -2.44. The molecule has 44 heavy (non-hydrogen) atoms. The first-order chi connectivity index (χ1) is 21.0. The van der Waals surface area contributed by atoms with E-state index >= 15 is 0 Å². The summed E-state index contributed by atoms with van der Waals surface area (Å²) in [6, 6.07) is 17.2. The molecule has 6 nitrogen and oxygen atoms in total. The predicted octanol–water partition coefficient (Wildman–Crippen LogP) is 6.59. The minimum atomic E-state index is -0.287. The molecule has 0 aromatic heterocycles. The number of carbonyl (C=O) groups is 2. The van der Waals surface area contributed by atoms with E-state index in [1.54, 1.807) is 0 Å². The Hall–Kier alpha value is -3.74. The number of allylic oxidation sites excluding steroid dienone is 5. The number of hydrogen-bond donors (Lipinski definition) is 0. The molecule has 0 aliphatic carbocycles. The normalized spacial score (nSPS) is 20.8. The van der Waals surface area contributed by atoms with Gasteiger partial charge in [0.05, 0.1) is 13.2 Å². The SMILES string of the molecule is BC1(/C=C/C=C/C=C2/N(CCCC(=O)OCC)c3ccccc3C2(C)C)N(CCCC(=O)OCC)c2ccccc2C1(C)C. The molecule has 0 radical (unpaired) electrons. The maximum absolute atomic E-state index is 12.1. The van der Waals surface area contributed by atoms with Gasteiger partial charge in [-0.05, 0) is 56.0 Å². The van der Waals surface area contributed by atoms with Gasteiger partial charge in [-0.2, -0.15) is 0 Å². The molecule has 0 fully saturated rings. The molecule has 0 N–H and O–H groups in total. The zero-order valence-electron chi connectivity index (χ0n) is 27.7. The number of rotatable bonds is 13. The molecule has 1 unspecified atom stereocenters. The lowest BCUT2D eigenvalue weighted by atomic mass is 9.59. The average Bonchev–Trinajstić information content (AvgIpc) is 3.30. The summed E-state index contributed by atoms with van der Waals surface area (Å²) >= 11 is 0. The number of para-hydroxylation sites is 2. The Morgan fingerprint density at radius 2 is 1.34 bits per heavy atom. The molecule has 0 saturated heterocycles. The monoisotopic (exact) mass is 596 g/mol. The lowest BCUT2D eigenvalue weighted by molar-refractivity contribution is -0.144. The zero-order valence-corrected chi connectivity index (χ0v) is 27.7. The Kier molecular flexibility index (Phi) is 10.5. The maximum Gasteiger partial charge on any atom is 0.305 e. The first-order valence-electron chi connectivity index (χ1n) is 16.1. The van der Waals surface area contributed by atoms with Gasteiger partial charge >= 0.3 is 11.9 Å². The second-order valence-corrected chi connectivity index (χ2v) is 12.8. The number of esters is 2. The molecule has 1 atom stereocenters. The molecule has 0 amide bonds. The van der Waals surface area contributed by atoms with Crippen LogP contribution in [0.2, 0.25) is 0 Å². The first kappa shape index (κ1) is 33.2. The van der Waals surface area contributed by atoms with Crippen LogP contribution in [0.4, 0.5) is 11.4 Å². The molecule has 4 rings (SSSR count). The van der Waals surface area contributed by atoms with E-state index in [1.807, 2.05) is 13.8 Å². The fourth-order valence-corrected chi connectivity index (χ4v) is 6.81. The molecule has 0 spiro atoms. The Balaban J connectivity index is 1.56. The number of fused-ring (bicyclic) bond motifs is 2. The average molecular weight is 597 g/mol. The van der Waals surface area contributed by atoms with Gasteiger partial charge in [0.1, 0.15) is 7.85 Å². The topological polar surface area (TPSA) is 59.1 Å². The summed E-state index contributed by atoms with van der Waals surface area (Å²) in [4.78, 5) is 28.9. The van der Waals surface area contributed by atoms with E-state index in [2.05, 4.69) is 124 Å². The van der Waals surface area contributed by atoms with Crippen LogP contribution >= 0.6 is 0 Å². The van der Waals surface area contributed by atoms with E-state index in [9.17, 15) is 9.59 Å².